The number of oxazole rings is 1. The number of hydrogen-bond donors (Lipinski definition) is 0. The van der Waals surface area contributed by atoms with Gasteiger partial charge in [0.05, 0.1) is 37.4 Å². The number of rotatable bonds is 9. The summed E-state index contributed by atoms with van der Waals surface area (Å²) in [7, 11) is 0. The van der Waals surface area contributed by atoms with E-state index in [1.54, 1.807) is 12.1 Å². The van der Waals surface area contributed by atoms with Crippen LogP contribution >= 0.6 is 0 Å². The lowest BCUT2D eigenvalue weighted by molar-refractivity contribution is -0.0595. The fourth-order valence-electron chi connectivity index (χ4n) is 6.20. The lowest BCUT2D eigenvalue weighted by Gasteiger charge is -2.33. The van der Waals surface area contributed by atoms with Gasteiger partial charge in [-0.25, -0.2) is 9.37 Å². The number of fused-ring (bicyclic) bond motifs is 2. The highest BCUT2D eigenvalue weighted by Gasteiger charge is 2.59. The van der Waals surface area contributed by atoms with Crippen LogP contribution in [0.5, 0.6) is 0 Å². The van der Waals surface area contributed by atoms with E-state index in [-0.39, 0.29) is 30.2 Å². The average Bonchev–Trinajstić information content (AvgIpc) is 3.42. The Bertz CT molecular complexity index is 1570. The molecule has 0 bridgehead atoms. The molecule has 10 nitrogen and oxygen atoms in total. The first-order valence-corrected chi connectivity index (χ1v) is 13.7. The molecule has 206 valence electrons. The molecule has 0 radical (unpaired) electrons. The van der Waals surface area contributed by atoms with Crippen LogP contribution in [-0.2, 0) is 29.2 Å². The maximum absolute atomic E-state index is 14.3. The van der Waals surface area contributed by atoms with Crippen molar-refractivity contribution in [3.05, 3.63) is 59.0 Å². The molecule has 5 heterocycles. The van der Waals surface area contributed by atoms with E-state index in [0.29, 0.717) is 54.2 Å². The summed E-state index contributed by atoms with van der Waals surface area (Å²) >= 11 is 0. The van der Waals surface area contributed by atoms with Crippen LogP contribution in [0.4, 0.5) is 4.39 Å². The van der Waals surface area contributed by atoms with Gasteiger partial charge >= 0.3 is 0 Å². The molecule has 0 spiro atoms. The number of allylic oxidation sites excluding steroid dienone is 1. The Labute approximate surface area is 230 Å². The lowest BCUT2D eigenvalue weighted by atomic mass is 9.88. The monoisotopic (exact) mass is 544 g/mol. The number of dihydropyridines is 1. The van der Waals surface area contributed by atoms with Crippen molar-refractivity contribution >= 4 is 23.4 Å². The zero-order valence-corrected chi connectivity index (χ0v) is 22.0. The van der Waals surface area contributed by atoms with Crippen molar-refractivity contribution in [2.75, 3.05) is 19.7 Å². The lowest BCUT2D eigenvalue weighted by Crippen LogP contribution is -2.39. The Morgan fingerprint density at radius 1 is 1.32 bits per heavy atom. The average molecular weight is 545 g/mol. The van der Waals surface area contributed by atoms with Gasteiger partial charge in [0.1, 0.15) is 11.6 Å². The molecule has 3 aromatic rings. The molecule has 4 atom stereocenters. The Hall–Kier alpha value is -3.72. The zero-order chi connectivity index (χ0) is 27.3. The van der Waals surface area contributed by atoms with Gasteiger partial charge in [0.2, 0.25) is 17.6 Å². The van der Waals surface area contributed by atoms with Gasteiger partial charge in [0, 0.05) is 36.3 Å². The van der Waals surface area contributed by atoms with Crippen LogP contribution in [0.15, 0.2) is 39.8 Å². The number of aliphatic imine (C=N–C) groups is 1. The highest BCUT2D eigenvalue weighted by Crippen LogP contribution is 2.59. The number of ether oxygens (including phenoxy) is 2. The van der Waals surface area contributed by atoms with Crippen molar-refractivity contribution in [2.45, 2.75) is 57.7 Å². The van der Waals surface area contributed by atoms with Crippen LogP contribution in [0, 0.1) is 28.5 Å². The molecular weight excluding hydrogens is 515 g/mol. The zero-order valence-electron chi connectivity index (χ0n) is 22.0. The number of likely N-dealkylation sites (tertiary alicyclic amines) is 1. The summed E-state index contributed by atoms with van der Waals surface area (Å²) in [6.07, 6.45) is 8.34. The number of nitriles is 1. The van der Waals surface area contributed by atoms with Crippen LogP contribution in [0.25, 0.3) is 11.4 Å². The van der Waals surface area contributed by atoms with Gasteiger partial charge in [-0.15, -0.1) is 0 Å². The van der Waals surface area contributed by atoms with Crippen molar-refractivity contribution in [3.63, 3.8) is 0 Å². The molecule has 1 saturated carbocycles. The highest BCUT2D eigenvalue weighted by atomic mass is 19.1. The van der Waals surface area contributed by atoms with Crippen molar-refractivity contribution < 1.29 is 23.1 Å². The Balaban J connectivity index is 1.00. The second-order valence-corrected chi connectivity index (χ2v) is 11.1. The molecular formula is C29H29FN6O4. The van der Waals surface area contributed by atoms with Crippen molar-refractivity contribution in [1.82, 2.24) is 19.4 Å². The van der Waals surface area contributed by atoms with Crippen molar-refractivity contribution in [1.29, 1.82) is 5.26 Å². The van der Waals surface area contributed by atoms with E-state index < -0.39 is 5.82 Å². The number of nitrogens with zero attached hydrogens (tertiary/aromatic N) is 6. The van der Waals surface area contributed by atoms with E-state index >= 15 is 0 Å². The minimum absolute atomic E-state index is 0.0405. The number of carbonyl (C=O) groups is 1. The molecule has 7 rings (SSSR count). The fourth-order valence-corrected chi connectivity index (χ4v) is 6.20. The minimum atomic E-state index is -0.434. The van der Waals surface area contributed by atoms with E-state index in [2.05, 4.69) is 22.0 Å². The van der Waals surface area contributed by atoms with Gasteiger partial charge in [-0.05, 0) is 49.9 Å². The molecule has 4 aliphatic rings. The van der Waals surface area contributed by atoms with Gasteiger partial charge in [0.25, 0.3) is 5.89 Å². The summed E-state index contributed by atoms with van der Waals surface area (Å²) in [6, 6.07) is 6.38. The van der Waals surface area contributed by atoms with Gasteiger partial charge in [0.15, 0.2) is 6.23 Å². The predicted molar refractivity (Wildman–Crippen MR) is 141 cm³/mol. The van der Waals surface area contributed by atoms with E-state index in [4.69, 9.17) is 29.1 Å². The smallest absolute Gasteiger partial charge is 0.263 e. The van der Waals surface area contributed by atoms with Crippen LogP contribution in [0.3, 0.4) is 0 Å². The standard InChI is InChI=1S/C29H29FN6O4/c30-22-10-18(12-31)4-5-19(22)17-39-25-3-1-2-23(32-25)29-7-8-35(13-20(29)11-29)15-24-33-27-28(40-26(16-37)34-27)36(24)14-21-6-9-38-21/h1-2,4-5,10,16,20-21,25H,3,6-9,11,13-15,17H2. The Morgan fingerprint density at radius 3 is 2.98 bits per heavy atom. The van der Waals surface area contributed by atoms with Crippen LogP contribution in [0.2, 0.25) is 0 Å². The molecule has 4 unspecified atom stereocenters. The summed E-state index contributed by atoms with van der Waals surface area (Å²) in [5.74, 6) is 0.983. The highest BCUT2D eigenvalue weighted by molar-refractivity contribution is 6.02. The third-order valence-electron chi connectivity index (χ3n) is 8.65. The molecule has 2 saturated heterocycles. The third-order valence-corrected chi connectivity index (χ3v) is 8.65. The maximum atomic E-state index is 14.3. The van der Waals surface area contributed by atoms with Crippen LogP contribution < -0.4 is 0 Å². The van der Waals surface area contributed by atoms with Crippen LogP contribution in [-0.4, -0.2) is 63.5 Å². The summed E-state index contributed by atoms with van der Waals surface area (Å²) in [4.78, 5) is 27.4. The molecule has 3 aliphatic heterocycles. The van der Waals surface area contributed by atoms with E-state index in [1.807, 2.05) is 10.6 Å². The normalized spacial score (nSPS) is 27.6. The third kappa shape index (κ3) is 4.56. The number of aromatic nitrogens is 3. The first-order valence-electron chi connectivity index (χ1n) is 13.7. The second kappa shape index (κ2) is 10.0. The van der Waals surface area contributed by atoms with E-state index in [1.165, 1.54) is 6.07 Å². The van der Waals surface area contributed by atoms with Gasteiger partial charge in [-0.1, -0.05) is 12.1 Å². The largest absolute Gasteiger partial charge is 0.415 e. The molecule has 0 N–H and O–H groups in total. The maximum Gasteiger partial charge on any atom is 0.263 e. The fraction of sp³-hybridized carbons (Fsp3) is 0.483. The van der Waals surface area contributed by atoms with Crippen molar-refractivity contribution in [3.8, 4) is 6.07 Å². The SMILES string of the molecule is N#Cc1ccc(COC2CC=CC(C34CCN(Cc5nc6nc(C=O)oc6n5CC5CCO5)CC3C4)=N2)c(F)c1. The Kier molecular flexibility index (Phi) is 6.34. The second-order valence-electron chi connectivity index (χ2n) is 11.1. The topological polar surface area (TPSA) is 119 Å². The summed E-state index contributed by atoms with van der Waals surface area (Å²) in [5, 5.41) is 8.95. The van der Waals surface area contributed by atoms with Crippen LogP contribution in [0.1, 0.15) is 53.3 Å². The number of aldehydes is 1. The van der Waals surface area contributed by atoms with E-state index in [9.17, 15) is 9.18 Å². The number of benzene rings is 1. The van der Waals surface area contributed by atoms with Gasteiger partial charge in [-0.2, -0.15) is 10.2 Å². The Morgan fingerprint density at radius 2 is 2.23 bits per heavy atom. The molecule has 40 heavy (non-hydrogen) atoms. The van der Waals surface area contributed by atoms with Crippen molar-refractivity contribution in [2.24, 2.45) is 16.3 Å². The first kappa shape index (κ1) is 25.3. The first-order chi connectivity index (χ1) is 19.5. The van der Waals surface area contributed by atoms with E-state index in [0.717, 1.165) is 50.5 Å². The summed E-state index contributed by atoms with van der Waals surface area (Å²) in [6.45, 7) is 4.03. The molecule has 2 aromatic heterocycles. The summed E-state index contributed by atoms with van der Waals surface area (Å²) < 4.78 is 33.6. The quantitative estimate of drug-likeness (QED) is 0.374. The predicted octanol–water partition coefficient (Wildman–Crippen LogP) is 3.79. The molecule has 3 fully saturated rings. The molecule has 1 aromatic carbocycles. The summed E-state index contributed by atoms with van der Waals surface area (Å²) in [5.41, 5.74) is 2.86. The number of halogens is 1. The molecule has 11 heteroatoms. The molecule has 1 aliphatic carbocycles. The van der Waals surface area contributed by atoms with Gasteiger partial charge < -0.3 is 13.9 Å². The number of carbonyl (C=O) groups excluding carboxylic acids is 1. The number of piperidine rings is 1. The molecule has 0 amide bonds. The minimum Gasteiger partial charge on any atom is -0.415 e. The number of hydrogen-bond acceptors (Lipinski definition) is 9. The van der Waals surface area contributed by atoms with Gasteiger partial charge in [-0.3, -0.25) is 19.3 Å². The number of imidazole rings is 1.